The number of carbonyl (C=O) groups excluding carboxylic acids is 3. The van der Waals surface area contributed by atoms with Crippen molar-refractivity contribution in [2.75, 3.05) is 13.2 Å². The first-order chi connectivity index (χ1) is 25.0. The van der Waals surface area contributed by atoms with Crippen LogP contribution in [0.2, 0.25) is 0 Å². The normalized spacial score (nSPS) is 41.1. The molecule has 4 aliphatic carbocycles. The fourth-order valence-corrected chi connectivity index (χ4v) is 11.6. The summed E-state index contributed by atoms with van der Waals surface area (Å²) in [7, 11) is 0. The molecule has 0 spiro atoms. The Hall–Kier alpha value is -3.53. The standard InChI is InChI=1S/C43H52O9/c1-26-24-49-40(37(52-39(46)28-12-8-5-9-13-28)36(26)51-38(45)27-10-6-4-7-11-27)50-31-16-19-41(2)30(23-31)14-15-34-33(41)17-20-42(3)32(18-21-43(34,42)47)29-22-35(44)48-25-29/h4-13,22,26,30-34,36-37,40,47H,14-21,23-25H2,1-3H3/t26-,30+,31-,32+,33?,34?,36+,37?,40-,41-,42+,43-/m0/s1. The van der Waals surface area contributed by atoms with Crippen molar-refractivity contribution in [3.63, 3.8) is 0 Å². The van der Waals surface area contributed by atoms with Crippen LogP contribution in [0.25, 0.3) is 0 Å². The van der Waals surface area contributed by atoms with Crippen LogP contribution in [0.1, 0.15) is 99.3 Å². The molecule has 0 radical (unpaired) electrons. The average Bonchev–Trinajstić information content (AvgIpc) is 3.70. The third-order valence-corrected chi connectivity index (χ3v) is 14.4. The molecule has 8 rings (SSSR count). The van der Waals surface area contributed by atoms with E-state index in [-0.39, 0.29) is 40.7 Å². The Bertz CT molecular complexity index is 1690. The van der Waals surface area contributed by atoms with Crippen molar-refractivity contribution in [2.24, 2.45) is 40.4 Å². The highest BCUT2D eigenvalue weighted by molar-refractivity contribution is 5.90. The zero-order valence-electron chi connectivity index (χ0n) is 30.5. The first-order valence-electron chi connectivity index (χ1n) is 19.4. The van der Waals surface area contributed by atoms with Crippen LogP contribution < -0.4 is 0 Å². The molecule has 3 unspecified atom stereocenters. The first kappa shape index (κ1) is 35.5. The number of rotatable bonds is 7. The molecular weight excluding hydrogens is 660 g/mol. The van der Waals surface area contributed by atoms with Crippen molar-refractivity contribution in [1.82, 2.24) is 0 Å². The number of hydrogen-bond acceptors (Lipinski definition) is 9. The summed E-state index contributed by atoms with van der Waals surface area (Å²) in [6.45, 7) is 7.29. The van der Waals surface area contributed by atoms with E-state index in [9.17, 15) is 19.5 Å². The summed E-state index contributed by atoms with van der Waals surface area (Å²) >= 11 is 0. The van der Waals surface area contributed by atoms with Gasteiger partial charge in [-0.05, 0) is 117 Å². The van der Waals surface area contributed by atoms with Gasteiger partial charge in [0.15, 0.2) is 12.4 Å². The smallest absolute Gasteiger partial charge is 0.338 e. The summed E-state index contributed by atoms with van der Waals surface area (Å²) < 4.78 is 30.6. The van der Waals surface area contributed by atoms with Crippen molar-refractivity contribution in [2.45, 2.75) is 109 Å². The number of carbonyl (C=O) groups is 3. The summed E-state index contributed by atoms with van der Waals surface area (Å²) in [6, 6.07) is 17.6. The minimum absolute atomic E-state index is 0.0679. The molecule has 2 aromatic carbocycles. The Morgan fingerprint density at radius 2 is 1.48 bits per heavy atom. The Labute approximate surface area is 306 Å². The minimum atomic E-state index is -0.954. The van der Waals surface area contributed by atoms with E-state index in [4.69, 9.17) is 23.7 Å². The van der Waals surface area contributed by atoms with Crippen molar-refractivity contribution in [3.8, 4) is 0 Å². The molecule has 5 fully saturated rings. The maximum Gasteiger partial charge on any atom is 0.338 e. The quantitative estimate of drug-likeness (QED) is 0.183. The molecule has 2 aliphatic heterocycles. The Balaban J connectivity index is 0.982. The fourth-order valence-electron chi connectivity index (χ4n) is 11.6. The van der Waals surface area contributed by atoms with Crippen molar-refractivity contribution in [1.29, 1.82) is 0 Å². The molecule has 4 saturated carbocycles. The van der Waals surface area contributed by atoms with Gasteiger partial charge in [0.2, 0.25) is 0 Å². The molecule has 0 aromatic heterocycles. The molecule has 1 saturated heterocycles. The van der Waals surface area contributed by atoms with Crippen molar-refractivity contribution >= 4 is 17.9 Å². The van der Waals surface area contributed by atoms with Crippen molar-refractivity contribution in [3.05, 3.63) is 83.4 Å². The lowest BCUT2D eigenvalue weighted by atomic mass is 9.43. The zero-order chi connectivity index (χ0) is 36.3. The Morgan fingerprint density at radius 1 is 0.808 bits per heavy atom. The Morgan fingerprint density at radius 3 is 2.13 bits per heavy atom. The van der Waals surface area contributed by atoms with Gasteiger partial charge in [-0.25, -0.2) is 14.4 Å². The molecule has 6 aliphatic rings. The summed E-state index contributed by atoms with van der Waals surface area (Å²) in [6.07, 6.45) is 7.24. The predicted molar refractivity (Wildman–Crippen MR) is 191 cm³/mol. The van der Waals surface area contributed by atoms with Crippen LogP contribution in [0.3, 0.4) is 0 Å². The second kappa shape index (κ2) is 13.7. The van der Waals surface area contributed by atoms with Gasteiger partial charge in [-0.3, -0.25) is 0 Å². The van der Waals surface area contributed by atoms with Gasteiger partial charge in [0.05, 0.1) is 29.4 Å². The third kappa shape index (κ3) is 6.01. The number of aliphatic hydroxyl groups is 1. The predicted octanol–water partition coefficient (Wildman–Crippen LogP) is 7.07. The lowest BCUT2D eigenvalue weighted by molar-refractivity contribution is -0.280. The highest BCUT2D eigenvalue weighted by atomic mass is 16.7. The summed E-state index contributed by atoms with van der Waals surface area (Å²) in [5.74, 6) is -0.268. The van der Waals surface area contributed by atoms with E-state index in [1.165, 1.54) is 0 Å². The number of ether oxygens (including phenoxy) is 5. The minimum Gasteiger partial charge on any atom is -0.458 e. The topological polar surface area (TPSA) is 118 Å². The summed E-state index contributed by atoms with van der Waals surface area (Å²) in [5.41, 5.74) is 0.929. The van der Waals surface area contributed by atoms with Gasteiger partial charge >= 0.3 is 17.9 Å². The van der Waals surface area contributed by atoms with Crippen LogP contribution in [0.4, 0.5) is 0 Å². The molecule has 1 N–H and O–H groups in total. The molecular formula is C43H52O9. The molecule has 0 amide bonds. The third-order valence-electron chi connectivity index (χ3n) is 14.4. The fraction of sp³-hybridized carbons (Fsp3) is 0.605. The van der Waals surface area contributed by atoms with Gasteiger partial charge in [-0.2, -0.15) is 0 Å². The largest absolute Gasteiger partial charge is 0.458 e. The van der Waals surface area contributed by atoms with Gasteiger partial charge in [-0.1, -0.05) is 57.2 Å². The second-order valence-electron chi connectivity index (χ2n) is 17.0. The lowest BCUT2D eigenvalue weighted by Crippen LogP contribution is -2.62. The molecule has 2 heterocycles. The van der Waals surface area contributed by atoms with Crippen LogP contribution in [0.5, 0.6) is 0 Å². The maximum atomic E-state index is 13.4. The van der Waals surface area contributed by atoms with E-state index >= 15 is 0 Å². The Kier molecular flexibility index (Phi) is 9.36. The highest BCUT2D eigenvalue weighted by Crippen LogP contribution is 2.70. The van der Waals surface area contributed by atoms with E-state index in [1.807, 2.05) is 19.1 Å². The van der Waals surface area contributed by atoms with Gasteiger partial charge < -0.3 is 28.8 Å². The highest BCUT2D eigenvalue weighted by Gasteiger charge is 2.67. The van der Waals surface area contributed by atoms with E-state index in [0.29, 0.717) is 36.2 Å². The molecule has 52 heavy (non-hydrogen) atoms. The molecule has 9 nitrogen and oxygen atoms in total. The monoisotopic (exact) mass is 712 g/mol. The van der Waals surface area contributed by atoms with E-state index < -0.39 is 36.0 Å². The van der Waals surface area contributed by atoms with Crippen molar-refractivity contribution < 1.29 is 43.2 Å². The van der Waals surface area contributed by atoms with E-state index in [1.54, 1.807) is 54.6 Å². The number of cyclic esters (lactones) is 1. The second-order valence-corrected chi connectivity index (χ2v) is 17.0. The maximum absolute atomic E-state index is 13.4. The lowest BCUT2D eigenvalue weighted by Gasteiger charge is -2.64. The van der Waals surface area contributed by atoms with Crippen LogP contribution in [-0.2, 0) is 28.5 Å². The van der Waals surface area contributed by atoms with E-state index in [2.05, 4.69) is 13.8 Å². The van der Waals surface area contributed by atoms with Crippen LogP contribution in [0.15, 0.2) is 72.3 Å². The van der Waals surface area contributed by atoms with Gasteiger partial charge in [0, 0.05) is 17.4 Å². The number of fused-ring (bicyclic) bond motifs is 5. The van der Waals surface area contributed by atoms with Crippen LogP contribution in [-0.4, -0.2) is 66.4 Å². The molecule has 0 bridgehead atoms. The summed E-state index contributed by atoms with van der Waals surface area (Å²) in [5, 5.41) is 12.6. The van der Waals surface area contributed by atoms with Gasteiger partial charge in [0.1, 0.15) is 12.7 Å². The zero-order valence-corrected chi connectivity index (χ0v) is 30.5. The summed E-state index contributed by atoms with van der Waals surface area (Å²) in [4.78, 5) is 38.7. The van der Waals surface area contributed by atoms with Crippen LogP contribution >= 0.6 is 0 Å². The van der Waals surface area contributed by atoms with E-state index in [0.717, 1.165) is 63.4 Å². The van der Waals surface area contributed by atoms with Crippen LogP contribution in [0, 0.1) is 40.4 Å². The SMILES string of the molecule is C[C@H]1CO[C@@H](O[C@H]2CC[C@]3(C)C4CC[C@]5(C)[C@@H](C6=CC(=O)OC6)CC[C@]5(O)C4CC[C@@H]3C2)C(OC(=O)c2ccccc2)[C@@H]1OC(=O)c1ccccc1. The molecule has 278 valence electrons. The van der Waals surface area contributed by atoms with Gasteiger partial charge in [-0.15, -0.1) is 0 Å². The molecule has 12 atom stereocenters. The number of esters is 3. The molecule has 2 aromatic rings. The number of hydrogen-bond donors (Lipinski definition) is 1. The average molecular weight is 713 g/mol. The molecule has 9 heteroatoms. The first-order valence-corrected chi connectivity index (χ1v) is 19.4. The number of benzene rings is 2. The van der Waals surface area contributed by atoms with Gasteiger partial charge in [0.25, 0.3) is 0 Å².